The van der Waals surface area contributed by atoms with Crippen LogP contribution >= 0.6 is 0 Å². The molecule has 3 heteroatoms. The van der Waals surface area contributed by atoms with E-state index >= 15 is 0 Å². The summed E-state index contributed by atoms with van der Waals surface area (Å²) in [5, 5.41) is 10.4. The maximum Gasteiger partial charge on any atom is 0.203 e. The van der Waals surface area contributed by atoms with Crippen LogP contribution in [0.1, 0.15) is 13.8 Å². The molecule has 0 aliphatic rings. The lowest BCUT2D eigenvalue weighted by molar-refractivity contribution is 0.275. The van der Waals surface area contributed by atoms with Gasteiger partial charge in [0.1, 0.15) is 0 Å². The summed E-state index contributed by atoms with van der Waals surface area (Å²) < 4.78 is 11.0. The second-order valence-electron chi connectivity index (χ2n) is 4.02. The fraction of sp³-hybridized carbons (Fsp3) is 0.250. The van der Waals surface area contributed by atoms with Crippen LogP contribution in [0.4, 0.5) is 0 Å². The maximum absolute atomic E-state index is 10.4. The van der Waals surface area contributed by atoms with Gasteiger partial charge < -0.3 is 14.6 Å². The molecule has 0 aliphatic heterocycles. The normalized spacial score (nSPS) is 10.2. The smallest absolute Gasteiger partial charge is 0.203 e. The number of phenolic OH excluding ortho intramolecular Hbond substituents is 1. The average molecular weight is 258 g/mol. The Morgan fingerprint density at radius 3 is 2.21 bits per heavy atom. The lowest BCUT2D eigenvalue weighted by Gasteiger charge is -2.15. The van der Waals surface area contributed by atoms with Gasteiger partial charge in [0.25, 0.3) is 0 Å². The van der Waals surface area contributed by atoms with Crippen LogP contribution in [0.5, 0.6) is 17.2 Å². The van der Waals surface area contributed by atoms with Crippen molar-refractivity contribution < 1.29 is 14.6 Å². The Hall–Kier alpha value is -2.16. The number of phenols is 1. The zero-order valence-corrected chi connectivity index (χ0v) is 11.2. The summed E-state index contributed by atoms with van der Waals surface area (Å²) in [6.07, 6.45) is 0. The predicted octanol–water partition coefficient (Wildman–Crippen LogP) is 3.86. The summed E-state index contributed by atoms with van der Waals surface area (Å²) in [4.78, 5) is 0. The van der Waals surface area contributed by atoms with E-state index in [4.69, 9.17) is 9.47 Å². The van der Waals surface area contributed by atoms with Gasteiger partial charge in [0.15, 0.2) is 11.5 Å². The van der Waals surface area contributed by atoms with Crippen molar-refractivity contribution in [2.45, 2.75) is 13.8 Å². The van der Waals surface area contributed by atoms with Gasteiger partial charge >= 0.3 is 0 Å². The summed E-state index contributed by atoms with van der Waals surface area (Å²) in [5.74, 6) is 1.10. The third kappa shape index (κ3) is 2.81. The highest BCUT2D eigenvalue weighted by Crippen LogP contribution is 2.43. The van der Waals surface area contributed by atoms with Crippen LogP contribution in [0, 0.1) is 0 Å². The molecular weight excluding hydrogens is 240 g/mol. The number of aromatic hydroxyl groups is 1. The first-order valence-electron chi connectivity index (χ1n) is 6.44. The van der Waals surface area contributed by atoms with E-state index in [1.807, 2.05) is 56.3 Å². The van der Waals surface area contributed by atoms with E-state index < -0.39 is 0 Å². The molecule has 100 valence electrons. The summed E-state index contributed by atoms with van der Waals surface area (Å²) in [6, 6.07) is 13.4. The van der Waals surface area contributed by atoms with Crippen molar-refractivity contribution in [2.75, 3.05) is 13.2 Å². The Labute approximate surface area is 113 Å². The first kappa shape index (κ1) is 13.3. The Kier molecular flexibility index (Phi) is 4.29. The molecule has 0 amide bonds. The molecule has 1 N–H and O–H groups in total. The van der Waals surface area contributed by atoms with Gasteiger partial charge in [0.05, 0.1) is 13.2 Å². The van der Waals surface area contributed by atoms with Crippen LogP contribution in [-0.2, 0) is 0 Å². The molecule has 0 radical (unpaired) electrons. The minimum Gasteiger partial charge on any atom is -0.504 e. The summed E-state index contributed by atoms with van der Waals surface area (Å²) >= 11 is 0. The maximum atomic E-state index is 10.4. The molecule has 0 bridgehead atoms. The summed E-state index contributed by atoms with van der Waals surface area (Å²) in [7, 11) is 0. The van der Waals surface area contributed by atoms with Crippen LogP contribution in [0.3, 0.4) is 0 Å². The second kappa shape index (κ2) is 6.14. The number of hydrogen-bond acceptors (Lipinski definition) is 3. The van der Waals surface area contributed by atoms with E-state index in [0.29, 0.717) is 24.7 Å². The van der Waals surface area contributed by atoms with Crippen LogP contribution in [0.2, 0.25) is 0 Å². The zero-order chi connectivity index (χ0) is 13.7. The van der Waals surface area contributed by atoms with Gasteiger partial charge in [-0.2, -0.15) is 0 Å². The molecule has 0 saturated heterocycles. The highest BCUT2D eigenvalue weighted by Gasteiger charge is 2.15. The third-order valence-corrected chi connectivity index (χ3v) is 2.77. The second-order valence-corrected chi connectivity index (χ2v) is 4.02. The van der Waals surface area contributed by atoms with Crippen molar-refractivity contribution >= 4 is 0 Å². The molecule has 0 aliphatic carbocycles. The molecule has 0 spiro atoms. The van der Waals surface area contributed by atoms with Gasteiger partial charge in [-0.05, 0) is 31.5 Å². The SMILES string of the molecule is CCOc1ccc(-c2ccccc2)c(O)c1OCC. The van der Waals surface area contributed by atoms with Crippen molar-refractivity contribution in [3.8, 4) is 28.4 Å². The van der Waals surface area contributed by atoms with Gasteiger partial charge in [-0.15, -0.1) is 0 Å². The summed E-state index contributed by atoms with van der Waals surface area (Å²) in [5.41, 5.74) is 1.69. The molecule has 0 heterocycles. The minimum atomic E-state index is 0.124. The predicted molar refractivity (Wildman–Crippen MR) is 75.9 cm³/mol. The van der Waals surface area contributed by atoms with Crippen LogP contribution in [0.25, 0.3) is 11.1 Å². The number of benzene rings is 2. The van der Waals surface area contributed by atoms with Gasteiger partial charge in [-0.25, -0.2) is 0 Å². The highest BCUT2D eigenvalue weighted by molar-refractivity contribution is 5.75. The molecule has 19 heavy (non-hydrogen) atoms. The minimum absolute atomic E-state index is 0.124. The Bertz CT molecular complexity index is 535. The summed E-state index contributed by atoms with van der Waals surface area (Å²) in [6.45, 7) is 4.79. The molecule has 3 nitrogen and oxygen atoms in total. The highest BCUT2D eigenvalue weighted by atomic mass is 16.5. The molecule has 0 aromatic heterocycles. The third-order valence-electron chi connectivity index (χ3n) is 2.77. The molecule has 2 aromatic carbocycles. The lowest BCUT2D eigenvalue weighted by atomic mass is 10.0. The first-order valence-corrected chi connectivity index (χ1v) is 6.44. The first-order chi connectivity index (χ1) is 9.27. The molecule has 0 fully saturated rings. The topological polar surface area (TPSA) is 38.7 Å². The molecular formula is C16H18O3. The van der Waals surface area contributed by atoms with Gasteiger partial charge in [0.2, 0.25) is 5.75 Å². The fourth-order valence-electron chi connectivity index (χ4n) is 1.96. The van der Waals surface area contributed by atoms with Gasteiger partial charge in [-0.3, -0.25) is 0 Å². The molecule has 0 saturated carbocycles. The van der Waals surface area contributed by atoms with Crippen molar-refractivity contribution in [1.82, 2.24) is 0 Å². The van der Waals surface area contributed by atoms with Crippen molar-refractivity contribution in [3.63, 3.8) is 0 Å². The Morgan fingerprint density at radius 1 is 0.895 bits per heavy atom. The van der Waals surface area contributed by atoms with E-state index in [2.05, 4.69) is 0 Å². The van der Waals surface area contributed by atoms with E-state index in [-0.39, 0.29) is 5.75 Å². The zero-order valence-electron chi connectivity index (χ0n) is 11.2. The van der Waals surface area contributed by atoms with Crippen LogP contribution in [-0.4, -0.2) is 18.3 Å². The molecule has 2 aromatic rings. The molecule has 0 unspecified atom stereocenters. The van der Waals surface area contributed by atoms with Crippen LogP contribution < -0.4 is 9.47 Å². The van der Waals surface area contributed by atoms with Crippen molar-refractivity contribution in [3.05, 3.63) is 42.5 Å². The largest absolute Gasteiger partial charge is 0.504 e. The van der Waals surface area contributed by atoms with E-state index in [0.717, 1.165) is 11.1 Å². The standard InChI is InChI=1S/C16H18O3/c1-3-18-14-11-10-13(12-8-6-5-7-9-12)15(17)16(14)19-4-2/h5-11,17H,3-4H2,1-2H3. The van der Waals surface area contributed by atoms with E-state index in [1.54, 1.807) is 0 Å². The monoisotopic (exact) mass is 258 g/mol. The fourth-order valence-corrected chi connectivity index (χ4v) is 1.96. The number of hydrogen-bond donors (Lipinski definition) is 1. The Balaban J connectivity index is 2.50. The van der Waals surface area contributed by atoms with Gasteiger partial charge in [0, 0.05) is 5.56 Å². The number of rotatable bonds is 5. The van der Waals surface area contributed by atoms with Crippen LogP contribution in [0.15, 0.2) is 42.5 Å². The molecule has 0 atom stereocenters. The quantitative estimate of drug-likeness (QED) is 0.885. The molecule has 2 rings (SSSR count). The lowest BCUT2D eigenvalue weighted by Crippen LogP contribution is -1.99. The van der Waals surface area contributed by atoms with Crippen molar-refractivity contribution in [2.24, 2.45) is 0 Å². The number of ether oxygens (including phenoxy) is 2. The average Bonchev–Trinajstić information content (AvgIpc) is 2.44. The van der Waals surface area contributed by atoms with Crippen molar-refractivity contribution in [1.29, 1.82) is 0 Å². The van der Waals surface area contributed by atoms with E-state index in [1.165, 1.54) is 0 Å². The Morgan fingerprint density at radius 2 is 1.58 bits per heavy atom. The van der Waals surface area contributed by atoms with Gasteiger partial charge in [-0.1, -0.05) is 30.3 Å². The van der Waals surface area contributed by atoms with E-state index in [9.17, 15) is 5.11 Å².